The van der Waals surface area contributed by atoms with Gasteiger partial charge in [0.15, 0.2) is 0 Å². The summed E-state index contributed by atoms with van der Waals surface area (Å²) >= 11 is 5.01. The lowest BCUT2D eigenvalue weighted by atomic mass is 10.0. The van der Waals surface area contributed by atoms with Crippen molar-refractivity contribution in [3.63, 3.8) is 0 Å². The first kappa shape index (κ1) is 14.5. The molecule has 0 saturated heterocycles. The molecule has 0 spiro atoms. The molecule has 2 aromatic carbocycles. The molecule has 0 aliphatic rings. The van der Waals surface area contributed by atoms with Gasteiger partial charge in [0, 0.05) is 5.56 Å². The average molecular weight is 285 g/mol. The van der Waals surface area contributed by atoms with Crippen molar-refractivity contribution >= 4 is 17.2 Å². The predicted molar refractivity (Wildman–Crippen MR) is 87.7 cm³/mol. The van der Waals surface area contributed by atoms with Gasteiger partial charge in [0.2, 0.25) is 0 Å². The van der Waals surface area contributed by atoms with Crippen molar-refractivity contribution < 1.29 is 4.74 Å². The Morgan fingerprint density at radius 3 is 2.40 bits per heavy atom. The zero-order chi connectivity index (χ0) is 14.7. The molecule has 0 fully saturated rings. The van der Waals surface area contributed by atoms with Crippen LogP contribution in [-0.2, 0) is 0 Å². The maximum Gasteiger partial charge on any atom is 0.127 e. The smallest absolute Gasteiger partial charge is 0.127 e. The van der Waals surface area contributed by atoms with Crippen LogP contribution in [0.2, 0.25) is 0 Å². The van der Waals surface area contributed by atoms with E-state index in [0.717, 1.165) is 22.6 Å². The molecule has 0 unspecified atom stereocenters. The number of ether oxygens (including phenoxy) is 1. The van der Waals surface area contributed by atoms with Crippen molar-refractivity contribution in [3.8, 4) is 11.5 Å². The third-order valence-electron chi connectivity index (χ3n) is 3.22. The Morgan fingerprint density at radius 2 is 1.80 bits per heavy atom. The van der Waals surface area contributed by atoms with Crippen LogP contribution in [0.5, 0.6) is 11.5 Å². The zero-order valence-electron chi connectivity index (χ0n) is 12.0. The van der Waals surface area contributed by atoms with Crippen LogP contribution in [0.4, 0.5) is 0 Å². The number of aryl methyl sites for hydroxylation is 1. The standard InChI is InChI=1S/C17H19NOS/c1-11(2)13-5-4-6-14(10-13)19-15-7-8-16(17(18)20)12(3)9-15/h4-11H,1-3H3,(H2,18,20). The van der Waals surface area contributed by atoms with Crippen molar-refractivity contribution in [2.45, 2.75) is 26.7 Å². The third-order valence-corrected chi connectivity index (χ3v) is 3.44. The van der Waals surface area contributed by atoms with Crippen molar-refractivity contribution in [1.29, 1.82) is 0 Å². The monoisotopic (exact) mass is 285 g/mol. The van der Waals surface area contributed by atoms with Gasteiger partial charge < -0.3 is 10.5 Å². The molecule has 20 heavy (non-hydrogen) atoms. The highest BCUT2D eigenvalue weighted by molar-refractivity contribution is 7.80. The number of rotatable bonds is 4. The molecule has 0 atom stereocenters. The molecule has 0 aliphatic heterocycles. The quantitative estimate of drug-likeness (QED) is 0.837. The predicted octanol–water partition coefficient (Wildman–Crippen LogP) is 4.54. The molecule has 0 heterocycles. The summed E-state index contributed by atoms with van der Waals surface area (Å²) in [6.07, 6.45) is 0. The Morgan fingerprint density at radius 1 is 1.10 bits per heavy atom. The minimum Gasteiger partial charge on any atom is -0.457 e. The molecule has 0 amide bonds. The van der Waals surface area contributed by atoms with E-state index in [1.807, 2.05) is 37.3 Å². The van der Waals surface area contributed by atoms with Gasteiger partial charge in [-0.3, -0.25) is 0 Å². The van der Waals surface area contributed by atoms with E-state index < -0.39 is 0 Å². The van der Waals surface area contributed by atoms with E-state index in [2.05, 4.69) is 26.0 Å². The second-order valence-electron chi connectivity index (χ2n) is 5.17. The molecular weight excluding hydrogens is 266 g/mol. The number of hydrogen-bond donors (Lipinski definition) is 1. The van der Waals surface area contributed by atoms with Crippen LogP contribution in [0, 0.1) is 6.92 Å². The molecule has 104 valence electrons. The molecule has 0 radical (unpaired) electrons. The average Bonchev–Trinajstić information content (AvgIpc) is 2.38. The summed E-state index contributed by atoms with van der Waals surface area (Å²) in [5, 5.41) is 0. The van der Waals surface area contributed by atoms with Gasteiger partial charge in [0.1, 0.15) is 16.5 Å². The summed E-state index contributed by atoms with van der Waals surface area (Å²) in [4.78, 5) is 0.413. The Labute approximate surface area is 125 Å². The molecule has 2 aromatic rings. The van der Waals surface area contributed by atoms with Crippen LogP contribution in [-0.4, -0.2) is 4.99 Å². The van der Waals surface area contributed by atoms with Gasteiger partial charge in [0.05, 0.1) is 0 Å². The topological polar surface area (TPSA) is 35.2 Å². The number of hydrogen-bond acceptors (Lipinski definition) is 2. The van der Waals surface area contributed by atoms with Gasteiger partial charge >= 0.3 is 0 Å². The van der Waals surface area contributed by atoms with E-state index in [4.69, 9.17) is 22.7 Å². The summed E-state index contributed by atoms with van der Waals surface area (Å²) in [6, 6.07) is 13.9. The van der Waals surface area contributed by atoms with Crippen molar-refractivity contribution in [1.82, 2.24) is 0 Å². The van der Waals surface area contributed by atoms with Crippen LogP contribution in [0.3, 0.4) is 0 Å². The fourth-order valence-electron chi connectivity index (χ4n) is 2.05. The number of thiocarbonyl (C=S) groups is 1. The normalized spacial score (nSPS) is 10.6. The molecule has 2 nitrogen and oxygen atoms in total. The van der Waals surface area contributed by atoms with E-state index in [9.17, 15) is 0 Å². The first-order valence-electron chi connectivity index (χ1n) is 6.65. The summed E-state index contributed by atoms with van der Waals surface area (Å²) in [5.41, 5.74) is 8.84. The zero-order valence-corrected chi connectivity index (χ0v) is 12.8. The maximum atomic E-state index is 5.90. The Hall–Kier alpha value is -1.87. The Balaban J connectivity index is 2.24. The summed E-state index contributed by atoms with van der Waals surface area (Å²) in [7, 11) is 0. The van der Waals surface area contributed by atoms with E-state index >= 15 is 0 Å². The van der Waals surface area contributed by atoms with Gasteiger partial charge in [-0.1, -0.05) is 38.2 Å². The lowest BCUT2D eigenvalue weighted by Gasteiger charge is -2.11. The minimum absolute atomic E-state index is 0.413. The van der Waals surface area contributed by atoms with E-state index in [0.29, 0.717) is 10.9 Å². The summed E-state index contributed by atoms with van der Waals surface area (Å²) < 4.78 is 5.90. The first-order chi connectivity index (χ1) is 9.47. The molecule has 3 heteroatoms. The second kappa shape index (κ2) is 6.06. The molecule has 0 bridgehead atoms. The van der Waals surface area contributed by atoms with Gasteiger partial charge in [-0.05, 0) is 54.3 Å². The second-order valence-corrected chi connectivity index (χ2v) is 5.61. The van der Waals surface area contributed by atoms with Crippen LogP contribution in [0.1, 0.15) is 36.5 Å². The molecular formula is C17H19NOS. The Kier molecular flexibility index (Phi) is 4.40. The van der Waals surface area contributed by atoms with Crippen molar-refractivity contribution in [2.75, 3.05) is 0 Å². The minimum atomic E-state index is 0.413. The van der Waals surface area contributed by atoms with Gasteiger partial charge in [-0.15, -0.1) is 0 Å². The lowest BCUT2D eigenvalue weighted by molar-refractivity contribution is 0.481. The highest BCUT2D eigenvalue weighted by Crippen LogP contribution is 2.26. The van der Waals surface area contributed by atoms with E-state index in [-0.39, 0.29) is 0 Å². The lowest BCUT2D eigenvalue weighted by Crippen LogP contribution is -2.10. The third kappa shape index (κ3) is 3.36. The summed E-state index contributed by atoms with van der Waals surface area (Å²) in [5.74, 6) is 2.12. The first-order valence-corrected chi connectivity index (χ1v) is 7.06. The fourth-order valence-corrected chi connectivity index (χ4v) is 2.28. The van der Waals surface area contributed by atoms with Crippen LogP contribution in [0.25, 0.3) is 0 Å². The van der Waals surface area contributed by atoms with E-state index in [1.54, 1.807) is 0 Å². The van der Waals surface area contributed by atoms with Crippen LogP contribution < -0.4 is 10.5 Å². The van der Waals surface area contributed by atoms with E-state index in [1.165, 1.54) is 5.56 Å². The summed E-state index contributed by atoms with van der Waals surface area (Å²) in [6.45, 7) is 6.31. The largest absolute Gasteiger partial charge is 0.457 e. The SMILES string of the molecule is Cc1cc(Oc2cccc(C(C)C)c2)ccc1C(N)=S. The Bertz CT molecular complexity index is 635. The number of nitrogens with two attached hydrogens (primary N) is 1. The van der Waals surface area contributed by atoms with Gasteiger partial charge in [-0.25, -0.2) is 0 Å². The molecule has 0 aromatic heterocycles. The van der Waals surface area contributed by atoms with Crippen LogP contribution >= 0.6 is 12.2 Å². The van der Waals surface area contributed by atoms with Gasteiger partial charge in [-0.2, -0.15) is 0 Å². The molecule has 0 aliphatic carbocycles. The highest BCUT2D eigenvalue weighted by atomic mass is 32.1. The van der Waals surface area contributed by atoms with Crippen LogP contribution in [0.15, 0.2) is 42.5 Å². The fraction of sp³-hybridized carbons (Fsp3) is 0.235. The molecule has 2 N–H and O–H groups in total. The number of benzene rings is 2. The van der Waals surface area contributed by atoms with Crippen molar-refractivity contribution in [3.05, 3.63) is 59.2 Å². The molecule has 2 rings (SSSR count). The highest BCUT2D eigenvalue weighted by Gasteiger charge is 2.05. The molecule has 0 saturated carbocycles. The van der Waals surface area contributed by atoms with Crippen molar-refractivity contribution in [2.24, 2.45) is 5.73 Å². The van der Waals surface area contributed by atoms with Gasteiger partial charge in [0.25, 0.3) is 0 Å². The maximum absolute atomic E-state index is 5.90.